The fraction of sp³-hybridized carbons (Fsp3) is 0.429. The second-order valence-electron chi connectivity index (χ2n) is 5.73. The number of fused-ring (bicyclic) bond motifs is 1. The zero-order chi connectivity index (χ0) is 14.8. The first-order chi connectivity index (χ1) is 9.33. The van der Waals surface area contributed by atoms with Crippen molar-refractivity contribution >= 4 is 17.0 Å². The van der Waals surface area contributed by atoms with Gasteiger partial charge in [0.05, 0.1) is 12.1 Å². The summed E-state index contributed by atoms with van der Waals surface area (Å²) in [6, 6.07) is 5.32. The number of carbonyl (C=O) groups is 1. The minimum atomic E-state index is -0.476. The van der Waals surface area contributed by atoms with Gasteiger partial charge in [-0.05, 0) is 38.5 Å². The molecular weight excluding hydrogens is 258 g/mol. The summed E-state index contributed by atoms with van der Waals surface area (Å²) < 4.78 is 4.92. The van der Waals surface area contributed by atoms with E-state index in [-0.39, 0.29) is 18.0 Å². The highest BCUT2D eigenvalue weighted by Gasteiger charge is 2.11. The lowest BCUT2D eigenvalue weighted by molar-refractivity contribution is -0.120. The summed E-state index contributed by atoms with van der Waals surface area (Å²) in [5.41, 5.74) is 1.96. The summed E-state index contributed by atoms with van der Waals surface area (Å²) >= 11 is 0. The average Bonchev–Trinajstić information content (AvgIpc) is 2.72. The summed E-state index contributed by atoms with van der Waals surface area (Å²) in [6.45, 7) is 6.69. The SMILES string of the molecule is CC(C)(C)NCC(=O)NCc1ccc2oc(=O)[nH]c2c1. The van der Waals surface area contributed by atoms with E-state index < -0.39 is 5.76 Å². The standard InChI is InChI=1S/C14H19N3O3/c1-14(2,3)16-8-12(18)15-7-9-4-5-11-10(6-9)17-13(19)20-11/h4-6,16H,7-8H2,1-3H3,(H,15,18)(H,17,19). The Kier molecular flexibility index (Phi) is 3.94. The van der Waals surface area contributed by atoms with Crippen molar-refractivity contribution in [1.82, 2.24) is 15.6 Å². The van der Waals surface area contributed by atoms with Gasteiger partial charge in [0.25, 0.3) is 0 Å². The Morgan fingerprint density at radius 2 is 2.10 bits per heavy atom. The summed E-state index contributed by atoms with van der Waals surface area (Å²) in [5.74, 6) is -0.545. The lowest BCUT2D eigenvalue weighted by Crippen LogP contribution is -2.43. The molecule has 0 aliphatic heterocycles. The summed E-state index contributed by atoms with van der Waals surface area (Å²) in [7, 11) is 0. The van der Waals surface area contributed by atoms with Crippen LogP contribution in [0.4, 0.5) is 0 Å². The van der Waals surface area contributed by atoms with Gasteiger partial charge in [-0.25, -0.2) is 4.79 Å². The Morgan fingerprint density at radius 3 is 2.80 bits per heavy atom. The van der Waals surface area contributed by atoms with Crippen LogP contribution in [-0.2, 0) is 11.3 Å². The van der Waals surface area contributed by atoms with Crippen LogP contribution in [0.5, 0.6) is 0 Å². The summed E-state index contributed by atoms with van der Waals surface area (Å²) in [5, 5.41) is 5.94. The molecule has 1 heterocycles. The number of amides is 1. The molecule has 0 atom stereocenters. The van der Waals surface area contributed by atoms with Crippen LogP contribution in [0.25, 0.3) is 11.1 Å². The molecule has 3 N–H and O–H groups in total. The van der Waals surface area contributed by atoms with E-state index in [4.69, 9.17) is 4.42 Å². The van der Waals surface area contributed by atoms with Gasteiger partial charge < -0.3 is 15.1 Å². The van der Waals surface area contributed by atoms with Gasteiger partial charge >= 0.3 is 5.76 Å². The lowest BCUT2D eigenvalue weighted by atomic mass is 10.1. The Morgan fingerprint density at radius 1 is 1.35 bits per heavy atom. The van der Waals surface area contributed by atoms with Gasteiger partial charge in [0.15, 0.2) is 5.58 Å². The predicted molar refractivity (Wildman–Crippen MR) is 76.4 cm³/mol. The van der Waals surface area contributed by atoms with Gasteiger partial charge in [0.2, 0.25) is 5.91 Å². The zero-order valence-electron chi connectivity index (χ0n) is 11.9. The Labute approximate surface area is 116 Å². The number of benzene rings is 1. The topological polar surface area (TPSA) is 87.1 Å². The number of carbonyl (C=O) groups excluding carboxylic acids is 1. The zero-order valence-corrected chi connectivity index (χ0v) is 11.9. The van der Waals surface area contributed by atoms with E-state index in [0.29, 0.717) is 17.6 Å². The van der Waals surface area contributed by atoms with Crippen LogP contribution in [0, 0.1) is 0 Å². The molecule has 1 amide bonds. The second-order valence-corrected chi connectivity index (χ2v) is 5.73. The maximum atomic E-state index is 11.7. The number of hydrogen-bond donors (Lipinski definition) is 3. The van der Waals surface area contributed by atoms with Gasteiger partial charge in [0.1, 0.15) is 0 Å². The first-order valence-corrected chi connectivity index (χ1v) is 6.47. The van der Waals surface area contributed by atoms with Gasteiger partial charge in [-0.3, -0.25) is 9.78 Å². The Balaban J connectivity index is 1.92. The quantitative estimate of drug-likeness (QED) is 0.781. The van der Waals surface area contributed by atoms with E-state index in [2.05, 4.69) is 15.6 Å². The molecule has 0 saturated carbocycles. The smallest absolute Gasteiger partial charge is 0.408 e. The third-order valence-corrected chi connectivity index (χ3v) is 2.75. The largest absolute Gasteiger partial charge is 0.417 e. The molecule has 0 radical (unpaired) electrons. The van der Waals surface area contributed by atoms with Gasteiger partial charge in [0, 0.05) is 12.1 Å². The monoisotopic (exact) mass is 277 g/mol. The molecule has 20 heavy (non-hydrogen) atoms. The number of nitrogens with one attached hydrogen (secondary N) is 3. The van der Waals surface area contributed by atoms with E-state index >= 15 is 0 Å². The molecule has 6 nitrogen and oxygen atoms in total. The van der Waals surface area contributed by atoms with Crippen LogP contribution in [0.15, 0.2) is 27.4 Å². The average molecular weight is 277 g/mol. The fourth-order valence-corrected chi connectivity index (χ4v) is 1.72. The molecule has 0 aliphatic carbocycles. The van der Waals surface area contributed by atoms with Gasteiger partial charge in [-0.2, -0.15) is 0 Å². The molecule has 108 valence electrons. The number of H-pyrrole nitrogens is 1. The van der Waals surface area contributed by atoms with Crippen LogP contribution >= 0.6 is 0 Å². The molecule has 0 unspecified atom stereocenters. The Bertz CT molecular complexity index is 664. The Hall–Kier alpha value is -2.08. The number of aromatic amines is 1. The van der Waals surface area contributed by atoms with Crippen LogP contribution in [0.1, 0.15) is 26.3 Å². The highest BCUT2D eigenvalue weighted by atomic mass is 16.4. The highest BCUT2D eigenvalue weighted by molar-refractivity contribution is 5.78. The first kappa shape index (κ1) is 14.3. The van der Waals surface area contributed by atoms with Crippen molar-refractivity contribution in [2.45, 2.75) is 32.9 Å². The highest BCUT2D eigenvalue weighted by Crippen LogP contribution is 2.11. The van der Waals surface area contributed by atoms with E-state index in [1.54, 1.807) is 12.1 Å². The predicted octanol–water partition coefficient (Wildman–Crippen LogP) is 1.13. The van der Waals surface area contributed by atoms with Crippen molar-refractivity contribution in [1.29, 1.82) is 0 Å². The van der Waals surface area contributed by atoms with Crippen molar-refractivity contribution in [2.24, 2.45) is 0 Å². The van der Waals surface area contributed by atoms with E-state index in [0.717, 1.165) is 5.56 Å². The number of oxazole rings is 1. The minimum absolute atomic E-state index is 0.0688. The fourth-order valence-electron chi connectivity index (χ4n) is 1.72. The molecule has 1 aromatic carbocycles. The molecule has 0 bridgehead atoms. The number of hydrogen-bond acceptors (Lipinski definition) is 4. The maximum Gasteiger partial charge on any atom is 0.417 e. The minimum Gasteiger partial charge on any atom is -0.408 e. The van der Waals surface area contributed by atoms with Crippen LogP contribution < -0.4 is 16.4 Å². The maximum absolute atomic E-state index is 11.7. The van der Waals surface area contributed by atoms with Crippen LogP contribution in [-0.4, -0.2) is 23.0 Å². The first-order valence-electron chi connectivity index (χ1n) is 6.47. The normalized spacial score (nSPS) is 11.8. The third-order valence-electron chi connectivity index (χ3n) is 2.75. The summed E-state index contributed by atoms with van der Waals surface area (Å²) in [4.78, 5) is 25.3. The molecule has 0 spiro atoms. The number of rotatable bonds is 4. The molecule has 0 fully saturated rings. The third kappa shape index (κ3) is 3.96. The second kappa shape index (κ2) is 5.50. The van der Waals surface area contributed by atoms with Crippen LogP contribution in [0.2, 0.25) is 0 Å². The van der Waals surface area contributed by atoms with E-state index in [1.807, 2.05) is 26.8 Å². The molecule has 2 aromatic rings. The van der Waals surface area contributed by atoms with Crippen molar-refractivity contribution in [3.05, 3.63) is 34.3 Å². The van der Waals surface area contributed by atoms with Crippen molar-refractivity contribution < 1.29 is 9.21 Å². The van der Waals surface area contributed by atoms with E-state index in [1.165, 1.54) is 0 Å². The van der Waals surface area contributed by atoms with Crippen LogP contribution in [0.3, 0.4) is 0 Å². The molecule has 0 aliphatic rings. The molecule has 2 rings (SSSR count). The lowest BCUT2D eigenvalue weighted by Gasteiger charge is -2.20. The van der Waals surface area contributed by atoms with Crippen molar-refractivity contribution in [2.75, 3.05) is 6.54 Å². The van der Waals surface area contributed by atoms with Gasteiger partial charge in [-0.15, -0.1) is 0 Å². The molecule has 1 aromatic heterocycles. The molecular formula is C14H19N3O3. The van der Waals surface area contributed by atoms with Crippen molar-refractivity contribution in [3.8, 4) is 0 Å². The van der Waals surface area contributed by atoms with E-state index in [9.17, 15) is 9.59 Å². The molecule has 0 saturated heterocycles. The summed E-state index contributed by atoms with van der Waals surface area (Å²) in [6.07, 6.45) is 0. The van der Waals surface area contributed by atoms with Gasteiger partial charge in [-0.1, -0.05) is 6.07 Å². The van der Waals surface area contributed by atoms with Crippen molar-refractivity contribution in [3.63, 3.8) is 0 Å². The number of aromatic nitrogens is 1. The molecule has 6 heteroatoms.